The molecular weight excluding hydrogens is 566 g/mol. The lowest BCUT2D eigenvalue weighted by molar-refractivity contribution is 0.445. The van der Waals surface area contributed by atoms with Crippen molar-refractivity contribution in [2.75, 3.05) is 26.2 Å². The van der Waals surface area contributed by atoms with Crippen LogP contribution in [0, 0.1) is 11.6 Å². The molecule has 226 valence electrons. The molecule has 0 amide bonds. The molecule has 4 aromatic rings. The van der Waals surface area contributed by atoms with Crippen LogP contribution >= 0.6 is 0 Å². The first-order valence-electron chi connectivity index (χ1n) is 14.3. The standard InChI is InChI=1S/C34H32F2N4O4/c35-23-7-3-21(4-8-23)19-37-15-1-17-39-25-11-12-26(40-18-2-16-38-20-22-5-9-24(36)10-6-22)30-29(25)33(43)31-27(41)13-14-28(42)32(31)34(30)44/h3-10,13-14,19-20,41-44H,1-2,11-12,15-18H2. The minimum absolute atomic E-state index is 0.0609. The Morgan fingerprint density at radius 2 is 0.932 bits per heavy atom. The van der Waals surface area contributed by atoms with Crippen LogP contribution < -0.4 is 0 Å². The van der Waals surface area contributed by atoms with Gasteiger partial charge in [0.1, 0.15) is 34.6 Å². The quantitative estimate of drug-likeness (QED) is 0.0965. The lowest BCUT2D eigenvalue weighted by Gasteiger charge is -2.24. The maximum atomic E-state index is 13.1. The van der Waals surface area contributed by atoms with Gasteiger partial charge in [-0.1, -0.05) is 24.3 Å². The SMILES string of the molecule is Oc1ccc(O)c2c(O)c3c(c(O)c12)C(=NCCCN=Cc1ccc(F)cc1)CCC3=NCCCN=Cc1ccc(F)cc1. The maximum absolute atomic E-state index is 13.1. The van der Waals surface area contributed by atoms with Gasteiger partial charge in [0, 0.05) is 50.0 Å². The van der Waals surface area contributed by atoms with E-state index in [2.05, 4.69) is 9.98 Å². The lowest BCUT2D eigenvalue weighted by atomic mass is 9.84. The van der Waals surface area contributed by atoms with Crippen molar-refractivity contribution in [2.45, 2.75) is 25.7 Å². The number of hydrogen-bond donors (Lipinski definition) is 4. The van der Waals surface area contributed by atoms with Crippen molar-refractivity contribution in [2.24, 2.45) is 20.0 Å². The Bertz CT molecular complexity index is 1640. The summed E-state index contributed by atoms with van der Waals surface area (Å²) < 4.78 is 26.2. The van der Waals surface area contributed by atoms with E-state index in [1.54, 1.807) is 36.7 Å². The normalized spacial score (nSPS) is 15.2. The molecule has 0 unspecified atom stereocenters. The minimum Gasteiger partial charge on any atom is -0.507 e. The zero-order valence-corrected chi connectivity index (χ0v) is 23.9. The van der Waals surface area contributed by atoms with E-state index in [1.807, 2.05) is 0 Å². The van der Waals surface area contributed by atoms with E-state index >= 15 is 0 Å². The van der Waals surface area contributed by atoms with Gasteiger partial charge < -0.3 is 20.4 Å². The molecule has 0 atom stereocenters. The van der Waals surface area contributed by atoms with E-state index in [1.165, 1.54) is 36.4 Å². The average Bonchev–Trinajstić information content (AvgIpc) is 3.02. The highest BCUT2D eigenvalue weighted by atomic mass is 19.1. The third-order valence-corrected chi connectivity index (χ3v) is 7.25. The van der Waals surface area contributed by atoms with Crippen LogP contribution in [0.25, 0.3) is 10.8 Å². The number of phenols is 4. The van der Waals surface area contributed by atoms with Gasteiger partial charge in [0.2, 0.25) is 0 Å². The van der Waals surface area contributed by atoms with E-state index in [4.69, 9.17) is 9.98 Å². The number of nitrogens with zero attached hydrogens (tertiary/aromatic N) is 4. The molecule has 0 aliphatic heterocycles. The number of benzene rings is 4. The third kappa shape index (κ3) is 6.91. The number of fused-ring (bicyclic) bond motifs is 2. The molecule has 10 heteroatoms. The number of aromatic hydroxyl groups is 4. The molecular formula is C34H32F2N4O4. The summed E-state index contributed by atoms with van der Waals surface area (Å²) in [5.41, 5.74) is 3.27. The molecule has 0 aromatic heterocycles. The van der Waals surface area contributed by atoms with Crippen molar-refractivity contribution in [3.05, 3.63) is 94.6 Å². The topological polar surface area (TPSA) is 130 Å². The summed E-state index contributed by atoms with van der Waals surface area (Å²) in [6.07, 6.45) is 5.47. The van der Waals surface area contributed by atoms with Gasteiger partial charge in [-0.15, -0.1) is 0 Å². The fourth-order valence-electron chi connectivity index (χ4n) is 5.10. The number of rotatable bonds is 10. The number of phenolic OH excluding ortho intramolecular Hbond substituents is 4. The Balaban J connectivity index is 1.35. The largest absolute Gasteiger partial charge is 0.507 e. The summed E-state index contributed by atoms with van der Waals surface area (Å²) in [6, 6.07) is 14.6. The molecule has 0 fully saturated rings. The fraction of sp³-hybridized carbons (Fsp3) is 0.235. The van der Waals surface area contributed by atoms with Crippen LogP contribution in [0.15, 0.2) is 80.6 Å². The Kier molecular flexibility index (Phi) is 9.59. The second-order valence-electron chi connectivity index (χ2n) is 10.3. The second-order valence-corrected chi connectivity index (χ2v) is 10.3. The van der Waals surface area contributed by atoms with Crippen molar-refractivity contribution in [1.82, 2.24) is 0 Å². The van der Waals surface area contributed by atoms with E-state index in [-0.39, 0.29) is 56.5 Å². The van der Waals surface area contributed by atoms with Crippen molar-refractivity contribution in [1.29, 1.82) is 0 Å². The first-order chi connectivity index (χ1) is 21.3. The van der Waals surface area contributed by atoms with Crippen LogP contribution in [0.3, 0.4) is 0 Å². The molecule has 0 saturated carbocycles. The molecule has 0 spiro atoms. The highest BCUT2D eigenvalue weighted by molar-refractivity contribution is 6.25. The van der Waals surface area contributed by atoms with Gasteiger partial charge in [-0.05, 0) is 73.2 Å². The number of hydrogen-bond acceptors (Lipinski definition) is 8. The molecule has 44 heavy (non-hydrogen) atoms. The van der Waals surface area contributed by atoms with Gasteiger partial charge in [-0.2, -0.15) is 0 Å². The van der Waals surface area contributed by atoms with Gasteiger partial charge in [0.05, 0.1) is 21.9 Å². The molecule has 1 aliphatic carbocycles. The van der Waals surface area contributed by atoms with E-state index in [9.17, 15) is 29.2 Å². The van der Waals surface area contributed by atoms with Gasteiger partial charge in [0.25, 0.3) is 0 Å². The minimum atomic E-state index is -0.308. The highest BCUT2D eigenvalue weighted by Crippen LogP contribution is 2.49. The Hall–Kier alpha value is -5.12. The van der Waals surface area contributed by atoms with Crippen molar-refractivity contribution in [3.8, 4) is 23.0 Å². The summed E-state index contributed by atoms with van der Waals surface area (Å²) >= 11 is 0. The first-order valence-corrected chi connectivity index (χ1v) is 14.3. The molecule has 0 radical (unpaired) electrons. The summed E-state index contributed by atoms with van der Waals surface area (Å²) in [5, 5.41) is 43.7. The number of halogens is 2. The van der Waals surface area contributed by atoms with Crippen LogP contribution in [-0.4, -0.2) is 70.5 Å². The van der Waals surface area contributed by atoms with Crippen molar-refractivity contribution < 1.29 is 29.2 Å². The van der Waals surface area contributed by atoms with E-state index < -0.39 is 0 Å². The van der Waals surface area contributed by atoms with Gasteiger partial charge in [-0.25, -0.2) is 8.78 Å². The Morgan fingerprint density at radius 1 is 0.545 bits per heavy atom. The Labute approximate surface area is 253 Å². The second kappa shape index (κ2) is 13.9. The molecule has 0 saturated heterocycles. The summed E-state index contributed by atoms with van der Waals surface area (Å²) in [7, 11) is 0. The van der Waals surface area contributed by atoms with Crippen molar-refractivity contribution >= 4 is 34.6 Å². The molecule has 8 nitrogen and oxygen atoms in total. The van der Waals surface area contributed by atoms with Crippen molar-refractivity contribution in [3.63, 3.8) is 0 Å². The fourth-order valence-corrected chi connectivity index (χ4v) is 5.10. The summed E-state index contributed by atoms with van der Waals surface area (Å²) in [4.78, 5) is 18.2. The Morgan fingerprint density at radius 3 is 1.32 bits per heavy atom. The predicted octanol–water partition coefficient (Wildman–Crippen LogP) is 6.33. The van der Waals surface area contributed by atoms with Crippen LogP contribution in [-0.2, 0) is 0 Å². The first kappa shape index (κ1) is 30.3. The zero-order valence-electron chi connectivity index (χ0n) is 23.9. The smallest absolute Gasteiger partial charge is 0.137 e. The predicted molar refractivity (Wildman–Crippen MR) is 170 cm³/mol. The molecule has 0 heterocycles. The molecule has 0 bridgehead atoms. The van der Waals surface area contributed by atoms with Crippen LogP contribution in [0.1, 0.15) is 47.9 Å². The summed E-state index contributed by atoms with van der Waals surface area (Å²) in [5.74, 6) is -1.76. The third-order valence-electron chi connectivity index (χ3n) is 7.25. The zero-order chi connectivity index (χ0) is 31.1. The molecule has 4 aromatic carbocycles. The average molecular weight is 599 g/mol. The maximum Gasteiger partial charge on any atom is 0.137 e. The van der Waals surface area contributed by atoms with Gasteiger partial charge >= 0.3 is 0 Å². The van der Waals surface area contributed by atoms with E-state index in [0.29, 0.717) is 63.3 Å². The van der Waals surface area contributed by atoms with Crippen LogP contribution in [0.2, 0.25) is 0 Å². The number of aliphatic imine (C=N–C) groups is 4. The molecule has 1 aliphatic rings. The summed E-state index contributed by atoms with van der Waals surface area (Å²) in [6.45, 7) is 1.78. The highest BCUT2D eigenvalue weighted by Gasteiger charge is 2.31. The molecule has 5 rings (SSSR count). The van der Waals surface area contributed by atoms with Crippen LogP contribution in [0.4, 0.5) is 8.78 Å². The van der Waals surface area contributed by atoms with Gasteiger partial charge in [0.15, 0.2) is 0 Å². The van der Waals surface area contributed by atoms with E-state index in [0.717, 1.165) is 11.1 Å². The van der Waals surface area contributed by atoms with Crippen LogP contribution in [0.5, 0.6) is 23.0 Å². The monoisotopic (exact) mass is 598 g/mol. The molecule has 4 N–H and O–H groups in total. The van der Waals surface area contributed by atoms with Gasteiger partial charge in [-0.3, -0.25) is 20.0 Å². The lowest BCUT2D eigenvalue weighted by Crippen LogP contribution is -2.20.